The summed E-state index contributed by atoms with van der Waals surface area (Å²) >= 11 is 0. The minimum Gasteiger partial charge on any atom is -0.322 e. The van der Waals surface area contributed by atoms with Crippen LogP contribution in [0.1, 0.15) is 26.4 Å². The fourth-order valence-electron chi connectivity index (χ4n) is 3.02. The minimum atomic E-state index is -0.228. The van der Waals surface area contributed by atoms with Gasteiger partial charge in [-0.25, -0.2) is 0 Å². The average molecular weight is 409 g/mol. The fraction of sp³-hybridized carbons (Fsp3) is 0.0417. The van der Waals surface area contributed by atoms with Gasteiger partial charge in [-0.3, -0.25) is 24.5 Å². The maximum Gasteiger partial charge on any atom is 0.258 e. The summed E-state index contributed by atoms with van der Waals surface area (Å²) in [5.74, 6) is -0.394. The van der Waals surface area contributed by atoms with E-state index in [1.807, 2.05) is 18.2 Å². The molecule has 31 heavy (non-hydrogen) atoms. The van der Waals surface area contributed by atoms with Gasteiger partial charge in [-0.2, -0.15) is 0 Å². The highest BCUT2D eigenvalue weighted by Gasteiger charge is 2.19. The lowest BCUT2D eigenvalue weighted by Crippen LogP contribution is -2.30. The Labute approximate surface area is 179 Å². The number of nitrogens with one attached hydrogen (secondary N) is 1. The van der Waals surface area contributed by atoms with E-state index in [1.165, 1.54) is 0 Å². The molecule has 4 aromatic rings. The molecule has 152 valence electrons. The topological polar surface area (TPSA) is 88.1 Å². The Morgan fingerprint density at radius 1 is 0.742 bits per heavy atom. The molecule has 7 nitrogen and oxygen atoms in total. The molecule has 4 rings (SSSR count). The number of amides is 2. The second-order valence-corrected chi connectivity index (χ2v) is 6.69. The second-order valence-electron chi connectivity index (χ2n) is 6.69. The molecule has 2 amide bonds. The van der Waals surface area contributed by atoms with E-state index in [-0.39, 0.29) is 11.8 Å². The fourth-order valence-corrected chi connectivity index (χ4v) is 3.02. The summed E-state index contributed by atoms with van der Waals surface area (Å²) in [7, 11) is 0. The van der Waals surface area contributed by atoms with E-state index in [0.717, 1.165) is 5.69 Å². The Hall–Kier alpha value is -4.39. The molecule has 7 heteroatoms. The largest absolute Gasteiger partial charge is 0.322 e. The monoisotopic (exact) mass is 409 g/mol. The van der Waals surface area contributed by atoms with Gasteiger partial charge in [-0.15, -0.1) is 0 Å². The quantitative estimate of drug-likeness (QED) is 0.521. The van der Waals surface area contributed by atoms with E-state index in [9.17, 15) is 9.59 Å². The van der Waals surface area contributed by atoms with Crippen molar-refractivity contribution in [3.8, 4) is 0 Å². The van der Waals surface area contributed by atoms with Crippen molar-refractivity contribution in [3.63, 3.8) is 0 Å². The Morgan fingerprint density at radius 3 is 2.00 bits per heavy atom. The number of hydrogen-bond donors (Lipinski definition) is 1. The number of benzene rings is 1. The third kappa shape index (κ3) is 4.97. The number of hydrogen-bond acceptors (Lipinski definition) is 5. The van der Waals surface area contributed by atoms with E-state index in [0.29, 0.717) is 29.0 Å². The Balaban J connectivity index is 1.57. The normalized spacial score (nSPS) is 10.3. The molecule has 0 spiro atoms. The zero-order valence-corrected chi connectivity index (χ0v) is 16.6. The highest BCUT2D eigenvalue weighted by atomic mass is 16.2. The third-order valence-corrected chi connectivity index (χ3v) is 4.60. The van der Waals surface area contributed by atoms with Gasteiger partial charge >= 0.3 is 0 Å². The molecular weight excluding hydrogens is 390 g/mol. The average Bonchev–Trinajstić information content (AvgIpc) is 2.84. The number of carbonyl (C=O) groups is 2. The number of rotatable bonds is 6. The van der Waals surface area contributed by atoms with Crippen molar-refractivity contribution in [2.24, 2.45) is 0 Å². The van der Waals surface area contributed by atoms with Gasteiger partial charge in [0.05, 0.1) is 12.2 Å². The molecule has 0 aliphatic heterocycles. The van der Waals surface area contributed by atoms with Crippen LogP contribution in [0.3, 0.4) is 0 Å². The number of carbonyl (C=O) groups excluding carboxylic acids is 2. The first-order valence-corrected chi connectivity index (χ1v) is 9.64. The van der Waals surface area contributed by atoms with Crippen LogP contribution in [-0.2, 0) is 6.54 Å². The molecule has 1 N–H and O–H groups in total. The van der Waals surface area contributed by atoms with E-state index in [4.69, 9.17) is 0 Å². The molecule has 0 atom stereocenters. The van der Waals surface area contributed by atoms with Crippen molar-refractivity contribution in [2.45, 2.75) is 6.54 Å². The van der Waals surface area contributed by atoms with Gasteiger partial charge in [0, 0.05) is 53.5 Å². The smallest absolute Gasteiger partial charge is 0.258 e. The maximum atomic E-state index is 13.2. The van der Waals surface area contributed by atoms with Crippen molar-refractivity contribution >= 4 is 23.2 Å². The van der Waals surface area contributed by atoms with Crippen LogP contribution in [0.5, 0.6) is 0 Å². The summed E-state index contributed by atoms with van der Waals surface area (Å²) in [5, 5.41) is 2.84. The lowest BCUT2D eigenvalue weighted by Gasteiger charge is -2.23. The van der Waals surface area contributed by atoms with Crippen LogP contribution in [0.2, 0.25) is 0 Å². The molecule has 0 aliphatic carbocycles. The molecule has 0 bridgehead atoms. The van der Waals surface area contributed by atoms with Crippen molar-refractivity contribution in [2.75, 3.05) is 10.2 Å². The Bertz CT molecular complexity index is 1150. The number of nitrogens with zero attached hydrogens (tertiary/aromatic N) is 4. The van der Waals surface area contributed by atoms with E-state index in [1.54, 1.807) is 84.4 Å². The van der Waals surface area contributed by atoms with Crippen LogP contribution in [0.4, 0.5) is 11.4 Å². The number of aromatic nitrogens is 3. The van der Waals surface area contributed by atoms with Gasteiger partial charge in [-0.1, -0.05) is 6.07 Å². The highest BCUT2D eigenvalue weighted by molar-refractivity contribution is 6.06. The summed E-state index contributed by atoms with van der Waals surface area (Å²) in [6.45, 7) is 0.310. The SMILES string of the molecule is O=C(Nc1ccc(N(Cc2ccccn2)C(=O)c2ccncc2)cc1)c1ccncc1. The van der Waals surface area contributed by atoms with Gasteiger partial charge < -0.3 is 10.2 Å². The predicted molar refractivity (Wildman–Crippen MR) is 118 cm³/mol. The van der Waals surface area contributed by atoms with Crippen LogP contribution < -0.4 is 10.2 Å². The van der Waals surface area contributed by atoms with Gasteiger partial charge in [0.15, 0.2) is 0 Å². The standard InChI is InChI=1S/C24H19N5O2/c30-23(18-8-13-25-14-9-18)28-20-4-6-22(7-5-20)29(17-21-3-1-2-12-27-21)24(31)19-10-15-26-16-11-19/h1-16H,17H2,(H,28,30). The zero-order valence-electron chi connectivity index (χ0n) is 16.6. The predicted octanol–water partition coefficient (Wildman–Crippen LogP) is 3.97. The number of anilines is 2. The van der Waals surface area contributed by atoms with Crippen LogP contribution in [-0.4, -0.2) is 26.8 Å². The summed E-state index contributed by atoms with van der Waals surface area (Å²) < 4.78 is 0. The summed E-state index contributed by atoms with van der Waals surface area (Å²) in [5.41, 5.74) is 3.12. The lowest BCUT2D eigenvalue weighted by molar-refractivity contribution is 0.0983. The second kappa shape index (κ2) is 9.41. The third-order valence-electron chi connectivity index (χ3n) is 4.60. The van der Waals surface area contributed by atoms with Crippen molar-refractivity contribution in [1.29, 1.82) is 0 Å². The van der Waals surface area contributed by atoms with Crippen molar-refractivity contribution in [3.05, 3.63) is 115 Å². The van der Waals surface area contributed by atoms with Crippen LogP contribution in [0.25, 0.3) is 0 Å². The lowest BCUT2D eigenvalue weighted by atomic mass is 10.2. The molecule has 3 aromatic heterocycles. The summed E-state index contributed by atoms with van der Waals surface area (Å²) in [6, 6.07) is 19.4. The van der Waals surface area contributed by atoms with Crippen molar-refractivity contribution < 1.29 is 9.59 Å². The first-order valence-electron chi connectivity index (χ1n) is 9.64. The Kier molecular flexibility index (Phi) is 6.04. The molecule has 3 heterocycles. The van der Waals surface area contributed by atoms with Gasteiger partial charge in [0.1, 0.15) is 0 Å². The number of pyridine rings is 3. The molecule has 0 radical (unpaired) electrons. The molecule has 0 aliphatic rings. The molecular formula is C24H19N5O2. The first kappa shape index (κ1) is 19.9. The molecule has 0 saturated heterocycles. The van der Waals surface area contributed by atoms with Crippen LogP contribution in [0, 0.1) is 0 Å². The van der Waals surface area contributed by atoms with E-state index in [2.05, 4.69) is 20.3 Å². The Morgan fingerprint density at radius 2 is 1.39 bits per heavy atom. The van der Waals surface area contributed by atoms with Crippen LogP contribution in [0.15, 0.2) is 97.7 Å². The summed E-state index contributed by atoms with van der Waals surface area (Å²) in [6.07, 6.45) is 8.01. The van der Waals surface area contributed by atoms with Gasteiger partial charge in [0.2, 0.25) is 0 Å². The minimum absolute atomic E-state index is 0.165. The maximum absolute atomic E-state index is 13.2. The molecule has 0 fully saturated rings. The first-order chi connectivity index (χ1) is 15.2. The van der Waals surface area contributed by atoms with Crippen molar-refractivity contribution in [1.82, 2.24) is 15.0 Å². The van der Waals surface area contributed by atoms with Gasteiger partial charge in [-0.05, 0) is 60.7 Å². The molecule has 1 aromatic carbocycles. The zero-order chi connectivity index (χ0) is 21.5. The van der Waals surface area contributed by atoms with Gasteiger partial charge in [0.25, 0.3) is 11.8 Å². The van der Waals surface area contributed by atoms with E-state index < -0.39 is 0 Å². The summed E-state index contributed by atoms with van der Waals surface area (Å²) in [4.78, 5) is 39.4. The molecule has 0 unspecified atom stereocenters. The molecule has 0 saturated carbocycles. The highest BCUT2D eigenvalue weighted by Crippen LogP contribution is 2.22. The van der Waals surface area contributed by atoms with E-state index >= 15 is 0 Å². The van der Waals surface area contributed by atoms with Crippen LogP contribution >= 0.6 is 0 Å².